The topological polar surface area (TPSA) is 55.6 Å². The van der Waals surface area contributed by atoms with Crippen LogP contribution in [0.25, 0.3) is 5.82 Å². The Hall–Kier alpha value is -2.05. The van der Waals surface area contributed by atoms with Gasteiger partial charge in [0.25, 0.3) is 0 Å². The molecule has 5 nitrogen and oxygen atoms in total. The minimum atomic E-state index is 0.358. The molecule has 6 heteroatoms. The summed E-state index contributed by atoms with van der Waals surface area (Å²) >= 11 is 1.90. The van der Waals surface area contributed by atoms with Crippen LogP contribution in [0.2, 0.25) is 0 Å². The molecule has 2 aliphatic carbocycles. The van der Waals surface area contributed by atoms with E-state index in [1.807, 2.05) is 46.6 Å². The molecule has 26 heavy (non-hydrogen) atoms. The quantitative estimate of drug-likeness (QED) is 0.765. The summed E-state index contributed by atoms with van der Waals surface area (Å²) in [6.45, 7) is 0.858. The zero-order valence-electron chi connectivity index (χ0n) is 14.8. The van der Waals surface area contributed by atoms with E-state index in [-0.39, 0.29) is 0 Å². The zero-order chi connectivity index (χ0) is 17.3. The largest absolute Gasteiger partial charge is 0.303 e. The van der Waals surface area contributed by atoms with Crippen molar-refractivity contribution < 1.29 is 0 Å². The van der Waals surface area contributed by atoms with Gasteiger partial charge in [-0.1, -0.05) is 6.07 Å². The van der Waals surface area contributed by atoms with E-state index in [1.54, 1.807) is 0 Å². The smallest absolute Gasteiger partial charge is 0.153 e. The third-order valence-corrected chi connectivity index (χ3v) is 6.60. The predicted octanol–water partition coefficient (Wildman–Crippen LogP) is 3.77. The molecular formula is C20H23N5S. The first-order chi connectivity index (χ1) is 12.9. The molecule has 5 rings (SSSR count). The number of aromatic nitrogens is 4. The van der Waals surface area contributed by atoms with Crippen LogP contribution in [-0.4, -0.2) is 19.7 Å². The van der Waals surface area contributed by atoms with E-state index in [1.165, 1.54) is 52.5 Å². The fourth-order valence-electron chi connectivity index (χ4n) is 4.14. The highest BCUT2D eigenvalue weighted by molar-refractivity contribution is 7.11. The summed E-state index contributed by atoms with van der Waals surface area (Å²) in [7, 11) is 0. The first-order valence-corrected chi connectivity index (χ1v) is 10.4. The van der Waals surface area contributed by atoms with Gasteiger partial charge in [0.2, 0.25) is 0 Å². The Morgan fingerprint density at radius 1 is 1.15 bits per heavy atom. The number of hydrogen-bond donors (Lipinski definition) is 1. The summed E-state index contributed by atoms with van der Waals surface area (Å²) in [6.07, 6.45) is 12.2. The molecule has 0 spiro atoms. The molecule has 0 aromatic carbocycles. The summed E-state index contributed by atoms with van der Waals surface area (Å²) in [5.74, 6) is 0.905. The number of nitrogens with one attached hydrogen (secondary N) is 1. The van der Waals surface area contributed by atoms with Crippen molar-refractivity contribution in [2.75, 3.05) is 0 Å². The van der Waals surface area contributed by atoms with Crippen LogP contribution in [0, 0.1) is 0 Å². The Bertz CT molecular complexity index is 875. The van der Waals surface area contributed by atoms with Crippen molar-refractivity contribution in [1.82, 2.24) is 25.1 Å². The second-order valence-corrected chi connectivity index (χ2v) is 8.32. The van der Waals surface area contributed by atoms with Crippen LogP contribution in [0.1, 0.15) is 58.6 Å². The zero-order valence-corrected chi connectivity index (χ0v) is 15.6. The van der Waals surface area contributed by atoms with Crippen LogP contribution in [0.3, 0.4) is 0 Å². The van der Waals surface area contributed by atoms with Gasteiger partial charge in [-0.2, -0.15) is 5.10 Å². The van der Waals surface area contributed by atoms with Gasteiger partial charge in [-0.05, 0) is 57.1 Å². The number of nitrogens with zero attached hydrogens (tertiary/aromatic N) is 4. The normalized spacial score (nSPS) is 19.2. The highest BCUT2D eigenvalue weighted by Gasteiger charge is 2.25. The number of fused-ring (bicyclic) bond motifs is 2. The van der Waals surface area contributed by atoms with Gasteiger partial charge >= 0.3 is 0 Å². The van der Waals surface area contributed by atoms with Gasteiger partial charge in [-0.25, -0.2) is 14.6 Å². The number of hydrogen-bond acceptors (Lipinski definition) is 5. The van der Waals surface area contributed by atoms with Crippen LogP contribution in [-0.2, 0) is 25.8 Å². The molecule has 0 fully saturated rings. The summed E-state index contributed by atoms with van der Waals surface area (Å²) in [5, 5.41) is 9.61. The minimum absolute atomic E-state index is 0.358. The molecule has 3 heterocycles. The Morgan fingerprint density at radius 2 is 2.12 bits per heavy atom. The standard InChI is InChI=1S/C20H23N5S/c1-2-9-18-16(6-1)24-20(26-18)13-22-15-7-5-8-17-14(15)12-23-25(17)19-10-3-4-11-21-19/h3-4,10-12,15,22H,1-2,5-9,13H2/t15-/m0/s1. The van der Waals surface area contributed by atoms with E-state index in [4.69, 9.17) is 4.98 Å². The van der Waals surface area contributed by atoms with Crippen molar-refractivity contribution >= 4 is 11.3 Å². The van der Waals surface area contributed by atoms with Crippen LogP contribution in [0.4, 0.5) is 0 Å². The van der Waals surface area contributed by atoms with E-state index < -0.39 is 0 Å². The third-order valence-electron chi connectivity index (χ3n) is 5.44. The number of rotatable bonds is 4. The highest BCUT2D eigenvalue weighted by Crippen LogP contribution is 2.32. The molecule has 1 atom stereocenters. The molecule has 3 aromatic heterocycles. The molecule has 0 saturated heterocycles. The summed E-state index contributed by atoms with van der Waals surface area (Å²) in [4.78, 5) is 10.8. The highest BCUT2D eigenvalue weighted by atomic mass is 32.1. The molecule has 0 radical (unpaired) electrons. The molecule has 0 unspecified atom stereocenters. The first-order valence-electron chi connectivity index (χ1n) is 9.57. The van der Waals surface area contributed by atoms with E-state index >= 15 is 0 Å². The molecule has 0 bridgehead atoms. The van der Waals surface area contributed by atoms with Crippen molar-refractivity contribution in [3.05, 3.63) is 57.4 Å². The van der Waals surface area contributed by atoms with E-state index in [2.05, 4.69) is 15.4 Å². The third kappa shape index (κ3) is 2.97. The lowest BCUT2D eigenvalue weighted by molar-refractivity contribution is 0.453. The van der Waals surface area contributed by atoms with Gasteiger partial charge in [-0.3, -0.25) is 0 Å². The maximum Gasteiger partial charge on any atom is 0.153 e. The predicted molar refractivity (Wildman–Crippen MR) is 103 cm³/mol. The van der Waals surface area contributed by atoms with Crippen molar-refractivity contribution in [3.63, 3.8) is 0 Å². The lowest BCUT2D eigenvalue weighted by Gasteiger charge is -2.23. The molecule has 134 valence electrons. The Balaban J connectivity index is 1.34. The van der Waals surface area contributed by atoms with Crippen molar-refractivity contribution in [2.45, 2.75) is 57.5 Å². The summed E-state index contributed by atoms with van der Waals surface area (Å²) in [6, 6.07) is 6.33. The molecular weight excluding hydrogens is 342 g/mol. The summed E-state index contributed by atoms with van der Waals surface area (Å²) in [5.41, 5.74) is 3.97. The molecule has 3 aromatic rings. The van der Waals surface area contributed by atoms with Crippen LogP contribution in [0.15, 0.2) is 30.6 Å². The fraction of sp³-hybridized carbons (Fsp3) is 0.450. The number of aryl methyl sites for hydroxylation is 2. The number of pyridine rings is 1. The van der Waals surface area contributed by atoms with Crippen LogP contribution in [0.5, 0.6) is 0 Å². The minimum Gasteiger partial charge on any atom is -0.303 e. The maximum absolute atomic E-state index is 4.87. The molecule has 0 saturated carbocycles. The van der Waals surface area contributed by atoms with Gasteiger partial charge in [0, 0.05) is 29.2 Å². The SMILES string of the molecule is c1ccc(-n2ncc3c2CCC[C@@H]3NCc2nc3c(s2)CCCC3)nc1. The van der Waals surface area contributed by atoms with Crippen molar-refractivity contribution in [1.29, 1.82) is 0 Å². The van der Waals surface area contributed by atoms with Gasteiger partial charge in [0.05, 0.1) is 17.6 Å². The van der Waals surface area contributed by atoms with Crippen molar-refractivity contribution in [3.8, 4) is 5.82 Å². The van der Waals surface area contributed by atoms with Crippen LogP contribution < -0.4 is 5.32 Å². The lowest BCUT2D eigenvalue weighted by Crippen LogP contribution is -2.25. The van der Waals surface area contributed by atoms with Gasteiger partial charge in [0.1, 0.15) is 5.01 Å². The first kappa shape index (κ1) is 16.1. The Kier molecular flexibility index (Phi) is 4.30. The number of thiazole rings is 1. The fourth-order valence-corrected chi connectivity index (χ4v) is 5.24. The molecule has 1 N–H and O–H groups in total. The lowest BCUT2D eigenvalue weighted by atomic mass is 9.93. The Labute approximate surface area is 157 Å². The Morgan fingerprint density at radius 3 is 3.00 bits per heavy atom. The van der Waals surface area contributed by atoms with E-state index in [0.29, 0.717) is 6.04 Å². The molecule has 2 aliphatic rings. The van der Waals surface area contributed by atoms with E-state index in [9.17, 15) is 0 Å². The van der Waals surface area contributed by atoms with Gasteiger partial charge in [0.15, 0.2) is 5.82 Å². The summed E-state index contributed by atoms with van der Waals surface area (Å²) < 4.78 is 2.01. The monoisotopic (exact) mass is 365 g/mol. The van der Waals surface area contributed by atoms with Crippen molar-refractivity contribution in [2.24, 2.45) is 0 Å². The van der Waals surface area contributed by atoms with E-state index in [0.717, 1.165) is 31.6 Å². The average molecular weight is 366 g/mol. The maximum atomic E-state index is 4.87. The van der Waals surface area contributed by atoms with Crippen LogP contribution >= 0.6 is 11.3 Å². The second kappa shape index (κ2) is 6.93. The average Bonchev–Trinajstić information content (AvgIpc) is 3.31. The second-order valence-electron chi connectivity index (χ2n) is 7.16. The molecule has 0 amide bonds. The van der Waals surface area contributed by atoms with Gasteiger partial charge < -0.3 is 5.32 Å². The van der Waals surface area contributed by atoms with Gasteiger partial charge in [-0.15, -0.1) is 11.3 Å². The molecule has 0 aliphatic heterocycles.